The first kappa shape index (κ1) is 16.7. The van der Waals surface area contributed by atoms with Gasteiger partial charge in [-0.15, -0.1) is 0 Å². The molecule has 0 aliphatic carbocycles. The quantitative estimate of drug-likeness (QED) is 0.839. The minimum Gasteiger partial charge on any atom is -0.362 e. The van der Waals surface area contributed by atoms with E-state index in [0.717, 1.165) is 0 Å². The Hall–Kier alpha value is -1.31. The van der Waals surface area contributed by atoms with Gasteiger partial charge in [-0.05, 0) is 13.3 Å². The number of carbonyl (C=O) groups is 1. The molecule has 20 heavy (non-hydrogen) atoms. The van der Waals surface area contributed by atoms with Gasteiger partial charge in [-0.1, -0.05) is 0 Å². The average Bonchev–Trinajstić information content (AvgIpc) is 2.47. The predicted octanol–water partition coefficient (Wildman–Crippen LogP) is 0.849. The molecule has 1 rings (SSSR count). The molecule has 0 radical (unpaired) electrons. The maximum Gasteiger partial charge on any atom is 0.408 e. The molecule has 1 aliphatic rings. The van der Waals surface area contributed by atoms with Crippen LogP contribution in [0.2, 0.25) is 0 Å². The van der Waals surface area contributed by atoms with Crippen LogP contribution < -0.4 is 5.73 Å². The van der Waals surface area contributed by atoms with E-state index in [1.54, 1.807) is 18.9 Å². The van der Waals surface area contributed by atoms with Gasteiger partial charge in [0, 0.05) is 32.6 Å². The average molecular weight is 294 g/mol. The number of halogens is 3. The van der Waals surface area contributed by atoms with E-state index in [1.807, 2.05) is 0 Å². The van der Waals surface area contributed by atoms with Gasteiger partial charge in [-0.25, -0.2) is 0 Å². The number of amidine groups is 1. The lowest BCUT2D eigenvalue weighted by molar-refractivity contribution is -0.130. The van der Waals surface area contributed by atoms with E-state index in [0.29, 0.717) is 19.5 Å². The molecular weight excluding hydrogens is 273 g/mol. The minimum absolute atomic E-state index is 0.109. The number of hydrogen-bond acceptors (Lipinski definition) is 3. The van der Waals surface area contributed by atoms with Crippen LogP contribution in [0.25, 0.3) is 0 Å². The molecule has 0 aromatic rings. The number of nitrogens with zero attached hydrogens (tertiary/aromatic N) is 3. The number of likely N-dealkylation sites (N-methyl/N-ethyl adjacent to an activating group) is 1. The van der Waals surface area contributed by atoms with Crippen molar-refractivity contribution in [2.45, 2.75) is 32.0 Å². The normalized spacial score (nSPS) is 21.0. The second-order valence-corrected chi connectivity index (χ2v) is 5.12. The Labute approximate surface area is 116 Å². The van der Waals surface area contributed by atoms with Crippen molar-refractivity contribution in [1.82, 2.24) is 9.80 Å². The number of amides is 1. The van der Waals surface area contributed by atoms with Crippen LogP contribution in [-0.2, 0) is 4.79 Å². The summed E-state index contributed by atoms with van der Waals surface area (Å²) in [6.07, 6.45) is -3.44. The number of nitrogens with two attached hydrogens (primary N) is 1. The van der Waals surface area contributed by atoms with Gasteiger partial charge in [0.1, 0.15) is 12.4 Å². The van der Waals surface area contributed by atoms with Crippen molar-refractivity contribution in [1.29, 1.82) is 0 Å². The Morgan fingerprint density at radius 2 is 2.10 bits per heavy atom. The third-order valence-electron chi connectivity index (χ3n) is 2.98. The first-order chi connectivity index (χ1) is 9.19. The van der Waals surface area contributed by atoms with E-state index < -0.39 is 12.7 Å². The van der Waals surface area contributed by atoms with E-state index in [4.69, 9.17) is 5.73 Å². The second kappa shape index (κ2) is 6.92. The molecule has 0 aromatic heterocycles. The van der Waals surface area contributed by atoms with Gasteiger partial charge in [0.15, 0.2) is 0 Å². The third-order valence-corrected chi connectivity index (χ3v) is 2.98. The van der Waals surface area contributed by atoms with E-state index in [9.17, 15) is 18.0 Å². The zero-order chi connectivity index (χ0) is 15.3. The van der Waals surface area contributed by atoms with Crippen LogP contribution in [0.4, 0.5) is 13.2 Å². The molecular formula is C12H21F3N4O. The van der Waals surface area contributed by atoms with Crippen molar-refractivity contribution < 1.29 is 18.0 Å². The fraction of sp³-hybridized carbons (Fsp3) is 0.833. The van der Waals surface area contributed by atoms with E-state index in [1.165, 1.54) is 4.90 Å². The van der Waals surface area contributed by atoms with Crippen LogP contribution in [0.15, 0.2) is 4.99 Å². The van der Waals surface area contributed by atoms with E-state index >= 15 is 0 Å². The number of carbonyl (C=O) groups excluding carboxylic acids is 1. The van der Waals surface area contributed by atoms with Crippen LogP contribution in [-0.4, -0.2) is 67.0 Å². The number of aliphatic imine (C=N–C) groups is 1. The van der Waals surface area contributed by atoms with Crippen molar-refractivity contribution in [2.75, 3.05) is 33.2 Å². The first-order valence-corrected chi connectivity index (χ1v) is 6.53. The Bertz CT molecular complexity index is 368. The SMILES string of the molecule is C[C@@H](N)CC(=O)N1CCCN(C)C(=NCC(F)(F)F)C1. The summed E-state index contributed by atoms with van der Waals surface area (Å²) in [5.74, 6) is 0.146. The molecule has 116 valence electrons. The van der Waals surface area contributed by atoms with Gasteiger partial charge in [0.25, 0.3) is 0 Å². The Kier molecular flexibility index (Phi) is 5.79. The summed E-state index contributed by atoms with van der Waals surface area (Å²) in [5.41, 5.74) is 5.58. The first-order valence-electron chi connectivity index (χ1n) is 6.53. The monoisotopic (exact) mass is 294 g/mol. The van der Waals surface area contributed by atoms with Crippen LogP contribution in [0, 0.1) is 0 Å². The van der Waals surface area contributed by atoms with Gasteiger partial charge >= 0.3 is 6.18 Å². The summed E-state index contributed by atoms with van der Waals surface area (Å²) in [6.45, 7) is 1.71. The summed E-state index contributed by atoms with van der Waals surface area (Å²) in [4.78, 5) is 18.8. The Morgan fingerprint density at radius 1 is 1.45 bits per heavy atom. The third kappa shape index (κ3) is 5.77. The summed E-state index contributed by atoms with van der Waals surface area (Å²) >= 11 is 0. The highest BCUT2D eigenvalue weighted by Gasteiger charge is 2.28. The smallest absolute Gasteiger partial charge is 0.362 e. The molecule has 0 unspecified atom stereocenters. The molecule has 1 fully saturated rings. The second-order valence-electron chi connectivity index (χ2n) is 5.12. The molecule has 1 aliphatic heterocycles. The molecule has 1 amide bonds. The molecule has 0 bridgehead atoms. The van der Waals surface area contributed by atoms with E-state index in [2.05, 4.69) is 4.99 Å². The van der Waals surface area contributed by atoms with Crippen LogP contribution in [0.1, 0.15) is 19.8 Å². The maximum atomic E-state index is 12.2. The van der Waals surface area contributed by atoms with Crippen molar-refractivity contribution >= 4 is 11.7 Å². The summed E-state index contributed by atoms with van der Waals surface area (Å²) in [6, 6.07) is -0.265. The zero-order valence-corrected chi connectivity index (χ0v) is 11.8. The molecule has 0 spiro atoms. The van der Waals surface area contributed by atoms with Crippen LogP contribution in [0.3, 0.4) is 0 Å². The number of hydrogen-bond donors (Lipinski definition) is 1. The molecule has 2 N–H and O–H groups in total. The summed E-state index contributed by atoms with van der Waals surface area (Å²) in [5, 5.41) is 0. The van der Waals surface area contributed by atoms with Crippen molar-refractivity contribution in [3.05, 3.63) is 0 Å². The fourth-order valence-electron chi connectivity index (χ4n) is 1.97. The summed E-state index contributed by atoms with van der Waals surface area (Å²) in [7, 11) is 1.69. The Balaban J connectivity index is 2.75. The molecule has 0 aromatic carbocycles. The molecule has 8 heteroatoms. The predicted molar refractivity (Wildman–Crippen MR) is 70.5 cm³/mol. The number of rotatable bonds is 3. The standard InChI is InChI=1S/C12H21F3N4O/c1-9(16)6-11(20)19-5-3-4-18(2)10(7-19)17-8-12(13,14)15/h9H,3-8,16H2,1-2H3/t9-/m1/s1. The van der Waals surface area contributed by atoms with Crippen LogP contribution >= 0.6 is 0 Å². The van der Waals surface area contributed by atoms with Gasteiger partial charge in [-0.3, -0.25) is 9.79 Å². The lowest BCUT2D eigenvalue weighted by atomic mass is 10.2. The molecule has 1 heterocycles. The van der Waals surface area contributed by atoms with Crippen molar-refractivity contribution in [3.63, 3.8) is 0 Å². The fourth-order valence-corrected chi connectivity index (χ4v) is 1.97. The molecule has 1 saturated heterocycles. The van der Waals surface area contributed by atoms with Gasteiger partial charge in [0.2, 0.25) is 5.91 Å². The van der Waals surface area contributed by atoms with Gasteiger partial charge in [-0.2, -0.15) is 13.2 Å². The van der Waals surface area contributed by atoms with Gasteiger partial charge < -0.3 is 15.5 Å². The number of alkyl halides is 3. The van der Waals surface area contributed by atoms with E-state index in [-0.39, 0.29) is 30.8 Å². The summed E-state index contributed by atoms with van der Waals surface area (Å²) < 4.78 is 36.7. The highest BCUT2D eigenvalue weighted by atomic mass is 19.4. The lowest BCUT2D eigenvalue weighted by Gasteiger charge is -2.23. The largest absolute Gasteiger partial charge is 0.408 e. The Morgan fingerprint density at radius 3 is 2.65 bits per heavy atom. The highest BCUT2D eigenvalue weighted by molar-refractivity contribution is 5.89. The zero-order valence-electron chi connectivity index (χ0n) is 11.8. The minimum atomic E-state index is -4.33. The van der Waals surface area contributed by atoms with Crippen LogP contribution in [0.5, 0.6) is 0 Å². The van der Waals surface area contributed by atoms with Crippen molar-refractivity contribution in [2.24, 2.45) is 10.7 Å². The highest BCUT2D eigenvalue weighted by Crippen LogP contribution is 2.15. The maximum absolute atomic E-state index is 12.2. The lowest BCUT2D eigenvalue weighted by Crippen LogP contribution is -2.40. The molecule has 0 saturated carbocycles. The van der Waals surface area contributed by atoms with Gasteiger partial charge in [0.05, 0.1) is 6.54 Å². The topological polar surface area (TPSA) is 61.9 Å². The molecule has 1 atom stereocenters. The van der Waals surface area contributed by atoms with Crippen molar-refractivity contribution in [3.8, 4) is 0 Å². The molecule has 5 nitrogen and oxygen atoms in total.